The van der Waals surface area contributed by atoms with Gasteiger partial charge in [0.25, 0.3) is 0 Å². The van der Waals surface area contributed by atoms with Gasteiger partial charge >= 0.3 is 5.97 Å². The highest BCUT2D eigenvalue weighted by Crippen LogP contribution is 2.21. The van der Waals surface area contributed by atoms with Crippen LogP contribution in [0.1, 0.15) is 41.7 Å². The SMILES string of the molecule is O=C(O)c1coc(C2CCCCN2)n1. The molecule has 1 aliphatic heterocycles. The van der Waals surface area contributed by atoms with Crippen LogP contribution in [-0.4, -0.2) is 22.6 Å². The fraction of sp³-hybridized carbons (Fsp3) is 0.556. The Labute approximate surface area is 81.1 Å². The molecule has 1 atom stereocenters. The molecule has 0 bridgehead atoms. The molecule has 2 N–H and O–H groups in total. The van der Waals surface area contributed by atoms with E-state index >= 15 is 0 Å². The maximum Gasteiger partial charge on any atom is 0.357 e. The minimum atomic E-state index is -1.05. The Morgan fingerprint density at radius 3 is 3.07 bits per heavy atom. The summed E-state index contributed by atoms with van der Waals surface area (Å²) in [5.41, 5.74) is -0.0210. The van der Waals surface area contributed by atoms with E-state index in [1.807, 2.05) is 0 Å². The van der Waals surface area contributed by atoms with Crippen molar-refractivity contribution in [2.24, 2.45) is 0 Å². The maximum absolute atomic E-state index is 10.6. The van der Waals surface area contributed by atoms with Crippen LogP contribution in [0.3, 0.4) is 0 Å². The van der Waals surface area contributed by atoms with Gasteiger partial charge in [-0.15, -0.1) is 0 Å². The molecule has 0 spiro atoms. The lowest BCUT2D eigenvalue weighted by Crippen LogP contribution is -2.27. The van der Waals surface area contributed by atoms with E-state index in [0.29, 0.717) is 5.89 Å². The van der Waals surface area contributed by atoms with Gasteiger partial charge in [0, 0.05) is 0 Å². The third-order valence-corrected chi connectivity index (χ3v) is 2.35. The smallest absolute Gasteiger partial charge is 0.357 e. The molecular weight excluding hydrogens is 184 g/mol. The van der Waals surface area contributed by atoms with Crippen molar-refractivity contribution in [2.75, 3.05) is 6.54 Å². The summed E-state index contributed by atoms with van der Waals surface area (Å²) in [6.45, 7) is 0.940. The fourth-order valence-electron chi connectivity index (χ4n) is 1.61. The molecule has 2 rings (SSSR count). The predicted octanol–water partition coefficient (Wildman–Crippen LogP) is 1.19. The zero-order valence-corrected chi connectivity index (χ0v) is 7.69. The Morgan fingerprint density at radius 2 is 2.50 bits per heavy atom. The van der Waals surface area contributed by atoms with Crippen LogP contribution >= 0.6 is 0 Å². The van der Waals surface area contributed by atoms with Gasteiger partial charge in [0.1, 0.15) is 6.26 Å². The number of piperidine rings is 1. The van der Waals surface area contributed by atoms with E-state index < -0.39 is 5.97 Å². The van der Waals surface area contributed by atoms with Gasteiger partial charge in [0.05, 0.1) is 6.04 Å². The highest BCUT2D eigenvalue weighted by atomic mass is 16.4. The molecular formula is C9H12N2O3. The summed E-state index contributed by atoms with van der Waals surface area (Å²) in [6.07, 6.45) is 4.43. The predicted molar refractivity (Wildman–Crippen MR) is 48.1 cm³/mol. The van der Waals surface area contributed by atoms with E-state index in [9.17, 15) is 4.79 Å². The molecule has 0 aliphatic carbocycles. The Hall–Kier alpha value is -1.36. The van der Waals surface area contributed by atoms with Crippen LogP contribution < -0.4 is 5.32 Å². The minimum Gasteiger partial charge on any atom is -0.476 e. The number of carboxylic acids is 1. The first-order valence-electron chi connectivity index (χ1n) is 4.69. The lowest BCUT2D eigenvalue weighted by molar-refractivity contribution is 0.0690. The Bertz CT molecular complexity index is 329. The highest BCUT2D eigenvalue weighted by Gasteiger charge is 2.21. The summed E-state index contributed by atoms with van der Waals surface area (Å²) in [5.74, 6) is -0.557. The number of hydrogen-bond acceptors (Lipinski definition) is 4. The summed E-state index contributed by atoms with van der Waals surface area (Å²) in [7, 11) is 0. The fourth-order valence-corrected chi connectivity index (χ4v) is 1.61. The molecule has 14 heavy (non-hydrogen) atoms. The number of aromatic carboxylic acids is 1. The number of oxazole rings is 1. The van der Waals surface area contributed by atoms with E-state index in [1.54, 1.807) is 0 Å². The first-order valence-corrected chi connectivity index (χ1v) is 4.69. The van der Waals surface area contributed by atoms with Gasteiger partial charge < -0.3 is 14.8 Å². The van der Waals surface area contributed by atoms with E-state index in [-0.39, 0.29) is 11.7 Å². The minimum absolute atomic E-state index is 0.0210. The molecule has 2 heterocycles. The number of carboxylic acid groups (broad SMARTS) is 1. The van der Waals surface area contributed by atoms with Crippen LogP contribution in [-0.2, 0) is 0 Å². The van der Waals surface area contributed by atoms with Gasteiger partial charge in [-0.3, -0.25) is 0 Å². The number of rotatable bonds is 2. The number of nitrogens with zero attached hydrogens (tertiary/aromatic N) is 1. The average Bonchev–Trinajstić information content (AvgIpc) is 2.68. The molecule has 1 fully saturated rings. The third kappa shape index (κ3) is 1.77. The molecule has 1 aromatic heterocycles. The van der Waals surface area contributed by atoms with Crippen LogP contribution in [0, 0.1) is 0 Å². The number of nitrogens with one attached hydrogen (secondary N) is 1. The van der Waals surface area contributed by atoms with Crippen molar-refractivity contribution < 1.29 is 14.3 Å². The normalized spacial score (nSPS) is 22.1. The first-order chi connectivity index (χ1) is 6.77. The summed E-state index contributed by atoms with van der Waals surface area (Å²) in [6, 6.07) is 0.0804. The van der Waals surface area contributed by atoms with Crippen LogP contribution in [0.15, 0.2) is 10.7 Å². The summed E-state index contributed by atoms with van der Waals surface area (Å²) < 4.78 is 5.11. The second-order valence-corrected chi connectivity index (χ2v) is 3.38. The monoisotopic (exact) mass is 196 g/mol. The molecule has 1 unspecified atom stereocenters. The van der Waals surface area contributed by atoms with Crippen LogP contribution in [0.25, 0.3) is 0 Å². The molecule has 5 heteroatoms. The van der Waals surface area contributed by atoms with E-state index in [1.165, 1.54) is 6.26 Å². The van der Waals surface area contributed by atoms with Gasteiger partial charge in [-0.2, -0.15) is 0 Å². The Kier molecular flexibility index (Phi) is 2.49. The van der Waals surface area contributed by atoms with Crippen LogP contribution in [0.4, 0.5) is 0 Å². The van der Waals surface area contributed by atoms with E-state index in [2.05, 4.69) is 10.3 Å². The Balaban J connectivity index is 2.11. The second kappa shape index (κ2) is 3.79. The van der Waals surface area contributed by atoms with Crippen molar-refractivity contribution in [3.63, 3.8) is 0 Å². The lowest BCUT2D eigenvalue weighted by atomic mass is 10.1. The summed E-state index contributed by atoms with van der Waals surface area (Å²) in [5, 5.41) is 11.9. The van der Waals surface area contributed by atoms with E-state index in [0.717, 1.165) is 25.8 Å². The van der Waals surface area contributed by atoms with Gasteiger partial charge in [-0.1, -0.05) is 6.42 Å². The molecule has 0 radical (unpaired) electrons. The lowest BCUT2D eigenvalue weighted by Gasteiger charge is -2.19. The van der Waals surface area contributed by atoms with Crippen molar-refractivity contribution in [2.45, 2.75) is 25.3 Å². The molecule has 0 saturated carbocycles. The van der Waals surface area contributed by atoms with Crippen molar-refractivity contribution in [3.8, 4) is 0 Å². The number of aromatic nitrogens is 1. The zero-order valence-electron chi connectivity index (χ0n) is 7.69. The molecule has 0 amide bonds. The first kappa shape index (κ1) is 9.21. The van der Waals surface area contributed by atoms with Crippen molar-refractivity contribution in [1.82, 2.24) is 10.3 Å². The van der Waals surface area contributed by atoms with Crippen molar-refractivity contribution in [3.05, 3.63) is 17.8 Å². The number of hydrogen-bond donors (Lipinski definition) is 2. The third-order valence-electron chi connectivity index (χ3n) is 2.35. The van der Waals surface area contributed by atoms with Gasteiger partial charge in [0.15, 0.2) is 5.69 Å². The van der Waals surface area contributed by atoms with Crippen molar-refractivity contribution in [1.29, 1.82) is 0 Å². The van der Waals surface area contributed by atoms with Gasteiger partial charge in [0.2, 0.25) is 5.89 Å². The summed E-state index contributed by atoms with van der Waals surface area (Å²) in [4.78, 5) is 14.5. The van der Waals surface area contributed by atoms with Crippen LogP contribution in [0.2, 0.25) is 0 Å². The maximum atomic E-state index is 10.6. The van der Waals surface area contributed by atoms with Gasteiger partial charge in [-0.25, -0.2) is 9.78 Å². The molecule has 1 aromatic rings. The highest BCUT2D eigenvalue weighted by molar-refractivity contribution is 5.84. The quantitative estimate of drug-likeness (QED) is 0.743. The topological polar surface area (TPSA) is 75.4 Å². The zero-order chi connectivity index (χ0) is 9.97. The van der Waals surface area contributed by atoms with Crippen molar-refractivity contribution >= 4 is 5.97 Å². The molecule has 1 saturated heterocycles. The molecule has 0 aromatic carbocycles. The van der Waals surface area contributed by atoms with Gasteiger partial charge in [-0.05, 0) is 19.4 Å². The Morgan fingerprint density at radius 1 is 1.64 bits per heavy atom. The molecule has 76 valence electrons. The second-order valence-electron chi connectivity index (χ2n) is 3.38. The molecule has 5 nitrogen and oxygen atoms in total. The van der Waals surface area contributed by atoms with E-state index in [4.69, 9.17) is 9.52 Å². The van der Waals surface area contributed by atoms with Crippen LogP contribution in [0.5, 0.6) is 0 Å². The largest absolute Gasteiger partial charge is 0.476 e. The standard InChI is InChI=1S/C9H12N2O3/c12-9(13)7-5-14-8(11-7)6-3-1-2-4-10-6/h5-6,10H,1-4H2,(H,12,13). The average molecular weight is 196 g/mol. The number of carbonyl (C=O) groups is 1. The molecule has 1 aliphatic rings. The summed E-state index contributed by atoms with van der Waals surface area (Å²) >= 11 is 0.